The van der Waals surface area contributed by atoms with Crippen LogP contribution in [0.15, 0.2) is 35.2 Å². The Bertz CT molecular complexity index is 448. The Morgan fingerprint density at radius 1 is 1.65 bits per heavy atom. The van der Waals surface area contributed by atoms with Gasteiger partial charge in [0.1, 0.15) is 5.76 Å². The monoisotopic (exact) mass is 233 g/mol. The third kappa shape index (κ3) is 3.21. The van der Waals surface area contributed by atoms with E-state index in [1.54, 1.807) is 12.5 Å². The van der Waals surface area contributed by atoms with Gasteiger partial charge in [-0.15, -0.1) is 0 Å². The molecule has 0 fully saturated rings. The molecule has 2 aromatic heterocycles. The summed E-state index contributed by atoms with van der Waals surface area (Å²) < 4.78 is 5.23. The second-order valence-corrected chi connectivity index (χ2v) is 3.98. The van der Waals surface area contributed by atoms with E-state index in [1.807, 2.05) is 19.1 Å². The Hall–Kier alpha value is -2.04. The number of H-pyrrole nitrogens is 1. The first-order chi connectivity index (χ1) is 8.25. The number of carbonyl (C=O) groups excluding carboxylic acids is 1. The minimum Gasteiger partial charge on any atom is -0.469 e. The molecule has 0 spiro atoms. The molecule has 2 aromatic rings. The van der Waals surface area contributed by atoms with Gasteiger partial charge in [-0.1, -0.05) is 0 Å². The Morgan fingerprint density at radius 2 is 2.53 bits per heavy atom. The molecule has 0 aliphatic carbocycles. The number of nitrogens with one attached hydrogen (secondary N) is 2. The molecule has 2 heterocycles. The lowest BCUT2D eigenvalue weighted by Gasteiger charge is -2.12. The largest absolute Gasteiger partial charge is 0.469 e. The van der Waals surface area contributed by atoms with Gasteiger partial charge in [0.2, 0.25) is 0 Å². The zero-order valence-corrected chi connectivity index (χ0v) is 9.64. The van der Waals surface area contributed by atoms with Gasteiger partial charge in [0.25, 0.3) is 5.91 Å². The molecule has 0 bridgehead atoms. The van der Waals surface area contributed by atoms with Crippen molar-refractivity contribution in [1.82, 2.24) is 15.5 Å². The Labute approximate surface area is 99.2 Å². The molecule has 2 rings (SSSR count). The topological polar surface area (TPSA) is 70.9 Å². The highest BCUT2D eigenvalue weighted by molar-refractivity contribution is 5.93. The first-order valence-corrected chi connectivity index (χ1v) is 5.57. The smallest absolute Gasteiger partial charge is 0.254 e. The third-order valence-corrected chi connectivity index (χ3v) is 2.54. The molecule has 90 valence electrons. The van der Waals surface area contributed by atoms with Crippen LogP contribution in [0.3, 0.4) is 0 Å². The van der Waals surface area contributed by atoms with Crippen molar-refractivity contribution in [2.24, 2.45) is 0 Å². The first-order valence-electron chi connectivity index (χ1n) is 5.57. The minimum atomic E-state index is -0.106. The SMILES string of the molecule is CC(CCc1ccco1)NC(=O)c1cn[nH]c1. The van der Waals surface area contributed by atoms with Crippen molar-refractivity contribution in [2.75, 3.05) is 0 Å². The quantitative estimate of drug-likeness (QED) is 0.826. The molecule has 5 heteroatoms. The van der Waals surface area contributed by atoms with E-state index in [0.717, 1.165) is 18.6 Å². The van der Waals surface area contributed by atoms with Crippen LogP contribution >= 0.6 is 0 Å². The summed E-state index contributed by atoms with van der Waals surface area (Å²) in [6.45, 7) is 1.97. The molecule has 0 radical (unpaired) electrons. The molecule has 1 unspecified atom stereocenters. The van der Waals surface area contributed by atoms with Crippen LogP contribution < -0.4 is 5.32 Å². The lowest BCUT2D eigenvalue weighted by atomic mass is 10.1. The van der Waals surface area contributed by atoms with E-state index in [4.69, 9.17) is 4.42 Å². The zero-order chi connectivity index (χ0) is 12.1. The summed E-state index contributed by atoms with van der Waals surface area (Å²) in [6, 6.07) is 3.90. The third-order valence-electron chi connectivity index (χ3n) is 2.54. The summed E-state index contributed by atoms with van der Waals surface area (Å²) in [4.78, 5) is 11.7. The number of aryl methyl sites for hydroxylation is 1. The Kier molecular flexibility index (Phi) is 3.59. The van der Waals surface area contributed by atoms with E-state index < -0.39 is 0 Å². The van der Waals surface area contributed by atoms with Crippen LogP contribution in [0, 0.1) is 0 Å². The summed E-state index contributed by atoms with van der Waals surface area (Å²) in [7, 11) is 0. The van der Waals surface area contributed by atoms with Crippen molar-refractivity contribution in [3.63, 3.8) is 0 Å². The molecular formula is C12H15N3O2. The molecule has 2 N–H and O–H groups in total. The molecule has 5 nitrogen and oxygen atoms in total. The van der Waals surface area contributed by atoms with Crippen molar-refractivity contribution in [2.45, 2.75) is 25.8 Å². The number of carbonyl (C=O) groups is 1. The number of hydrogen-bond donors (Lipinski definition) is 2. The van der Waals surface area contributed by atoms with Gasteiger partial charge in [0, 0.05) is 18.7 Å². The number of rotatable bonds is 5. The maximum atomic E-state index is 11.7. The highest BCUT2D eigenvalue weighted by Crippen LogP contribution is 2.06. The summed E-state index contributed by atoms with van der Waals surface area (Å²) in [6.07, 6.45) is 6.41. The van der Waals surface area contributed by atoms with E-state index >= 15 is 0 Å². The molecule has 1 amide bonds. The standard InChI is InChI=1S/C12H15N3O2/c1-9(4-5-11-3-2-6-17-11)15-12(16)10-7-13-14-8-10/h2-3,6-9H,4-5H2,1H3,(H,13,14)(H,15,16). The number of hydrogen-bond acceptors (Lipinski definition) is 3. The van der Waals surface area contributed by atoms with Crippen molar-refractivity contribution < 1.29 is 9.21 Å². The first kappa shape index (κ1) is 11.4. The van der Waals surface area contributed by atoms with Gasteiger partial charge in [0.05, 0.1) is 18.0 Å². The number of furan rings is 1. The predicted octanol–water partition coefficient (Wildman–Crippen LogP) is 1.75. The van der Waals surface area contributed by atoms with Crippen LogP contribution in [0.25, 0.3) is 0 Å². The predicted molar refractivity (Wildman–Crippen MR) is 62.5 cm³/mol. The van der Waals surface area contributed by atoms with Crippen LogP contribution in [0.4, 0.5) is 0 Å². The molecule has 0 aliphatic heterocycles. The van der Waals surface area contributed by atoms with Crippen LogP contribution in [0.5, 0.6) is 0 Å². The molecule has 0 aliphatic rings. The molecule has 1 atom stereocenters. The van der Waals surface area contributed by atoms with E-state index in [-0.39, 0.29) is 11.9 Å². The summed E-state index contributed by atoms with van der Waals surface area (Å²) in [5, 5.41) is 9.25. The fraction of sp³-hybridized carbons (Fsp3) is 0.333. The maximum absolute atomic E-state index is 11.7. The number of aromatic amines is 1. The summed E-state index contributed by atoms with van der Waals surface area (Å²) >= 11 is 0. The molecule has 17 heavy (non-hydrogen) atoms. The van der Waals surface area contributed by atoms with Crippen molar-refractivity contribution >= 4 is 5.91 Å². The molecule has 0 aromatic carbocycles. The van der Waals surface area contributed by atoms with Crippen LogP contribution in [0.2, 0.25) is 0 Å². The fourth-order valence-electron chi connectivity index (χ4n) is 1.57. The van der Waals surface area contributed by atoms with Crippen molar-refractivity contribution in [3.05, 3.63) is 42.1 Å². The average Bonchev–Trinajstić information content (AvgIpc) is 2.99. The van der Waals surface area contributed by atoms with Gasteiger partial charge in [0.15, 0.2) is 0 Å². The summed E-state index contributed by atoms with van der Waals surface area (Å²) in [5.74, 6) is 0.833. The van der Waals surface area contributed by atoms with E-state index in [9.17, 15) is 4.79 Å². The van der Waals surface area contributed by atoms with Gasteiger partial charge >= 0.3 is 0 Å². The van der Waals surface area contributed by atoms with Crippen molar-refractivity contribution in [3.8, 4) is 0 Å². The second kappa shape index (κ2) is 5.34. The van der Waals surface area contributed by atoms with Crippen LogP contribution in [-0.2, 0) is 6.42 Å². The number of aromatic nitrogens is 2. The molecule has 0 saturated carbocycles. The Balaban J connectivity index is 1.77. The average molecular weight is 233 g/mol. The van der Waals surface area contributed by atoms with Crippen molar-refractivity contribution in [1.29, 1.82) is 0 Å². The highest BCUT2D eigenvalue weighted by atomic mass is 16.3. The van der Waals surface area contributed by atoms with Gasteiger partial charge < -0.3 is 9.73 Å². The lowest BCUT2D eigenvalue weighted by molar-refractivity contribution is 0.0938. The minimum absolute atomic E-state index is 0.0995. The highest BCUT2D eigenvalue weighted by Gasteiger charge is 2.10. The zero-order valence-electron chi connectivity index (χ0n) is 9.64. The Morgan fingerprint density at radius 3 is 3.18 bits per heavy atom. The fourth-order valence-corrected chi connectivity index (χ4v) is 1.57. The van der Waals surface area contributed by atoms with E-state index in [2.05, 4.69) is 15.5 Å². The van der Waals surface area contributed by atoms with Gasteiger partial charge in [-0.25, -0.2) is 0 Å². The van der Waals surface area contributed by atoms with Gasteiger partial charge in [-0.3, -0.25) is 9.89 Å². The maximum Gasteiger partial charge on any atom is 0.254 e. The second-order valence-electron chi connectivity index (χ2n) is 3.98. The van der Waals surface area contributed by atoms with E-state index in [0.29, 0.717) is 5.56 Å². The lowest BCUT2D eigenvalue weighted by Crippen LogP contribution is -2.32. The van der Waals surface area contributed by atoms with Gasteiger partial charge in [-0.05, 0) is 25.5 Å². The molecular weight excluding hydrogens is 218 g/mol. The normalized spacial score (nSPS) is 12.3. The van der Waals surface area contributed by atoms with Crippen LogP contribution in [0.1, 0.15) is 29.5 Å². The van der Waals surface area contributed by atoms with E-state index in [1.165, 1.54) is 6.20 Å². The molecule has 0 saturated heterocycles. The van der Waals surface area contributed by atoms with Gasteiger partial charge in [-0.2, -0.15) is 5.10 Å². The summed E-state index contributed by atoms with van der Waals surface area (Å²) in [5.41, 5.74) is 0.551. The number of amides is 1. The number of nitrogens with zero attached hydrogens (tertiary/aromatic N) is 1. The van der Waals surface area contributed by atoms with Crippen LogP contribution in [-0.4, -0.2) is 22.1 Å².